The number of hydrogen-bond donors (Lipinski definition) is 2. The molecule has 1 aliphatic carbocycles. The van der Waals surface area contributed by atoms with Crippen LogP contribution in [0.3, 0.4) is 0 Å². The third-order valence-electron chi connectivity index (χ3n) is 4.69. The van der Waals surface area contributed by atoms with Gasteiger partial charge in [0.05, 0.1) is 5.56 Å². The summed E-state index contributed by atoms with van der Waals surface area (Å²) < 4.78 is 0. The predicted octanol–water partition coefficient (Wildman–Crippen LogP) is 2.34. The number of pyridine rings is 1. The molecule has 3 rings (SSSR count). The average molecular weight is 274 g/mol. The van der Waals surface area contributed by atoms with Crippen LogP contribution in [0.25, 0.3) is 0 Å². The second-order valence-electron chi connectivity index (χ2n) is 5.81. The predicted molar refractivity (Wildman–Crippen MR) is 79.1 cm³/mol. The number of hydrogen-bond acceptors (Lipinski definition) is 4. The summed E-state index contributed by atoms with van der Waals surface area (Å²) in [6, 6.07) is 4.28. The van der Waals surface area contributed by atoms with Gasteiger partial charge >= 0.3 is 0 Å². The molecule has 20 heavy (non-hydrogen) atoms. The topological polar surface area (TPSA) is 74.7 Å². The lowest BCUT2D eigenvalue weighted by atomic mass is 9.78. The Kier molecular flexibility index (Phi) is 3.76. The van der Waals surface area contributed by atoms with E-state index in [-0.39, 0.29) is 5.84 Å². The molecule has 1 aromatic heterocycles. The van der Waals surface area contributed by atoms with Crippen molar-refractivity contribution in [2.75, 3.05) is 11.4 Å². The van der Waals surface area contributed by atoms with Crippen LogP contribution in [0.5, 0.6) is 0 Å². The molecule has 1 saturated heterocycles. The molecular weight excluding hydrogens is 252 g/mol. The molecule has 0 spiro atoms. The summed E-state index contributed by atoms with van der Waals surface area (Å²) in [5.74, 6) is 1.80. The molecule has 1 saturated carbocycles. The minimum absolute atomic E-state index is 0.144. The van der Waals surface area contributed by atoms with Gasteiger partial charge in [0.15, 0.2) is 5.84 Å². The zero-order valence-corrected chi connectivity index (χ0v) is 11.7. The van der Waals surface area contributed by atoms with Crippen LogP contribution >= 0.6 is 0 Å². The Hall–Kier alpha value is -1.78. The maximum absolute atomic E-state index is 8.96. The smallest absolute Gasteiger partial charge is 0.173 e. The lowest BCUT2D eigenvalue weighted by Gasteiger charge is -2.45. The van der Waals surface area contributed by atoms with E-state index in [4.69, 9.17) is 10.9 Å². The van der Waals surface area contributed by atoms with E-state index < -0.39 is 0 Å². The first-order valence-corrected chi connectivity index (χ1v) is 7.51. The zero-order valence-electron chi connectivity index (χ0n) is 11.7. The molecule has 2 fully saturated rings. The SMILES string of the molecule is N/C(=N/O)c1cccnc1N1CCC[C@H]2CCCC[C@H]21. The van der Waals surface area contributed by atoms with Crippen LogP contribution in [0.4, 0.5) is 5.82 Å². The quantitative estimate of drug-likeness (QED) is 0.376. The molecule has 0 aromatic carbocycles. The highest BCUT2D eigenvalue weighted by atomic mass is 16.4. The van der Waals surface area contributed by atoms with Crippen molar-refractivity contribution in [2.24, 2.45) is 16.8 Å². The van der Waals surface area contributed by atoms with Gasteiger partial charge in [-0.25, -0.2) is 4.98 Å². The van der Waals surface area contributed by atoms with Gasteiger partial charge in [-0.1, -0.05) is 18.0 Å². The van der Waals surface area contributed by atoms with Crippen molar-refractivity contribution < 1.29 is 5.21 Å². The van der Waals surface area contributed by atoms with Crippen molar-refractivity contribution in [3.63, 3.8) is 0 Å². The molecule has 2 atom stereocenters. The van der Waals surface area contributed by atoms with Crippen molar-refractivity contribution >= 4 is 11.7 Å². The van der Waals surface area contributed by atoms with Gasteiger partial charge in [0, 0.05) is 18.8 Å². The average Bonchev–Trinajstić information content (AvgIpc) is 2.53. The summed E-state index contributed by atoms with van der Waals surface area (Å²) in [6.07, 6.45) is 9.52. The highest BCUT2D eigenvalue weighted by molar-refractivity contribution is 6.01. The Morgan fingerprint density at radius 3 is 2.95 bits per heavy atom. The zero-order chi connectivity index (χ0) is 13.9. The third kappa shape index (κ3) is 2.32. The lowest BCUT2D eigenvalue weighted by Crippen LogP contribution is -2.48. The van der Waals surface area contributed by atoms with Crippen molar-refractivity contribution in [1.82, 2.24) is 4.98 Å². The molecular formula is C15H22N4O. The normalized spacial score (nSPS) is 27.2. The number of nitrogens with zero attached hydrogens (tertiary/aromatic N) is 3. The van der Waals surface area contributed by atoms with Crippen LogP contribution in [-0.2, 0) is 0 Å². The van der Waals surface area contributed by atoms with Crippen molar-refractivity contribution in [1.29, 1.82) is 0 Å². The van der Waals surface area contributed by atoms with Gasteiger partial charge in [-0.2, -0.15) is 0 Å². The van der Waals surface area contributed by atoms with Crippen LogP contribution in [0, 0.1) is 5.92 Å². The summed E-state index contributed by atoms with van der Waals surface area (Å²) in [6.45, 7) is 1.02. The van der Waals surface area contributed by atoms with Crippen LogP contribution < -0.4 is 10.6 Å². The molecule has 5 nitrogen and oxygen atoms in total. The molecule has 3 N–H and O–H groups in total. The Morgan fingerprint density at radius 1 is 1.30 bits per heavy atom. The maximum Gasteiger partial charge on any atom is 0.173 e. The van der Waals surface area contributed by atoms with Gasteiger partial charge in [-0.05, 0) is 43.7 Å². The standard InChI is InChI=1S/C15H22N4O/c16-14(18-20)12-7-3-9-17-15(12)19-10-4-6-11-5-1-2-8-13(11)19/h3,7,9,11,13,20H,1-2,4-6,8,10H2,(H2,16,18)/t11-,13-/m1/s1. The molecule has 1 aliphatic heterocycles. The lowest BCUT2D eigenvalue weighted by molar-refractivity contribution is 0.242. The number of rotatable bonds is 2. The Bertz CT molecular complexity index is 500. The Morgan fingerprint density at radius 2 is 2.10 bits per heavy atom. The van der Waals surface area contributed by atoms with E-state index in [1.165, 1.54) is 38.5 Å². The van der Waals surface area contributed by atoms with Crippen molar-refractivity contribution in [2.45, 2.75) is 44.6 Å². The van der Waals surface area contributed by atoms with E-state index in [9.17, 15) is 0 Å². The van der Waals surface area contributed by atoms with E-state index in [1.807, 2.05) is 12.1 Å². The Labute approximate surface area is 119 Å². The highest BCUT2D eigenvalue weighted by Gasteiger charge is 2.34. The van der Waals surface area contributed by atoms with Crippen molar-refractivity contribution in [3.05, 3.63) is 23.9 Å². The second kappa shape index (κ2) is 5.69. The summed E-state index contributed by atoms with van der Waals surface area (Å²) in [7, 11) is 0. The number of amidine groups is 1. The van der Waals surface area contributed by atoms with Gasteiger partial charge in [-0.15, -0.1) is 0 Å². The summed E-state index contributed by atoms with van der Waals surface area (Å²) >= 11 is 0. The maximum atomic E-state index is 8.96. The van der Waals surface area contributed by atoms with Gasteiger partial charge < -0.3 is 15.8 Å². The first-order valence-electron chi connectivity index (χ1n) is 7.51. The van der Waals surface area contributed by atoms with Gasteiger partial charge in [-0.3, -0.25) is 0 Å². The second-order valence-corrected chi connectivity index (χ2v) is 5.81. The molecule has 2 aliphatic rings. The fourth-order valence-corrected chi connectivity index (χ4v) is 3.77. The fraction of sp³-hybridized carbons (Fsp3) is 0.600. The minimum atomic E-state index is 0.144. The van der Waals surface area contributed by atoms with E-state index in [0.29, 0.717) is 6.04 Å². The fourth-order valence-electron chi connectivity index (χ4n) is 3.77. The summed E-state index contributed by atoms with van der Waals surface area (Å²) in [5.41, 5.74) is 6.54. The number of nitrogens with two attached hydrogens (primary N) is 1. The molecule has 0 bridgehead atoms. The molecule has 0 radical (unpaired) electrons. The van der Waals surface area contributed by atoms with Crippen molar-refractivity contribution in [3.8, 4) is 0 Å². The number of piperidine rings is 1. The molecule has 2 heterocycles. The largest absolute Gasteiger partial charge is 0.409 e. The van der Waals surface area contributed by atoms with E-state index in [1.54, 1.807) is 6.20 Å². The number of anilines is 1. The van der Waals surface area contributed by atoms with E-state index in [2.05, 4.69) is 15.0 Å². The first-order chi connectivity index (χ1) is 9.81. The molecule has 108 valence electrons. The Balaban J connectivity index is 1.95. The number of oxime groups is 1. The first kappa shape index (κ1) is 13.2. The minimum Gasteiger partial charge on any atom is -0.409 e. The number of aromatic nitrogens is 1. The monoisotopic (exact) mass is 274 g/mol. The molecule has 0 unspecified atom stereocenters. The summed E-state index contributed by atoms with van der Waals surface area (Å²) in [5, 5.41) is 12.1. The van der Waals surface area contributed by atoms with Gasteiger partial charge in [0.2, 0.25) is 0 Å². The van der Waals surface area contributed by atoms with Crippen LogP contribution in [0.1, 0.15) is 44.1 Å². The van der Waals surface area contributed by atoms with Crippen LogP contribution in [0.15, 0.2) is 23.5 Å². The summed E-state index contributed by atoms with van der Waals surface area (Å²) in [4.78, 5) is 6.91. The van der Waals surface area contributed by atoms with Crippen LogP contribution in [-0.4, -0.2) is 28.6 Å². The third-order valence-corrected chi connectivity index (χ3v) is 4.69. The highest BCUT2D eigenvalue weighted by Crippen LogP contribution is 2.37. The van der Waals surface area contributed by atoms with Crippen LogP contribution in [0.2, 0.25) is 0 Å². The molecule has 0 amide bonds. The van der Waals surface area contributed by atoms with Gasteiger partial charge in [0.1, 0.15) is 5.82 Å². The molecule has 1 aromatic rings. The van der Waals surface area contributed by atoms with Gasteiger partial charge in [0.25, 0.3) is 0 Å². The number of fused-ring (bicyclic) bond motifs is 1. The van der Waals surface area contributed by atoms with E-state index >= 15 is 0 Å². The molecule has 5 heteroatoms. The van der Waals surface area contributed by atoms with E-state index in [0.717, 1.165) is 23.8 Å².